The number of aryl methyl sites for hydroxylation is 1. The van der Waals surface area contributed by atoms with E-state index in [4.69, 9.17) is 4.74 Å². The van der Waals surface area contributed by atoms with Gasteiger partial charge in [0.1, 0.15) is 0 Å². The molecule has 29 heavy (non-hydrogen) atoms. The van der Waals surface area contributed by atoms with Crippen LogP contribution in [0.5, 0.6) is 0 Å². The third-order valence-corrected chi connectivity index (χ3v) is 7.15. The summed E-state index contributed by atoms with van der Waals surface area (Å²) in [5.74, 6) is 0.221. The summed E-state index contributed by atoms with van der Waals surface area (Å²) in [5.41, 5.74) is 3.63. The van der Waals surface area contributed by atoms with Crippen molar-refractivity contribution in [2.24, 2.45) is 0 Å². The van der Waals surface area contributed by atoms with Crippen molar-refractivity contribution < 1.29 is 14.3 Å². The Kier molecular flexibility index (Phi) is 4.61. The summed E-state index contributed by atoms with van der Waals surface area (Å²) in [6.45, 7) is 5.46. The highest BCUT2D eigenvalue weighted by Gasteiger charge is 2.61. The summed E-state index contributed by atoms with van der Waals surface area (Å²) in [7, 11) is 0. The molecule has 150 valence electrons. The summed E-state index contributed by atoms with van der Waals surface area (Å²) in [6.07, 6.45) is 0. The number of morpholine rings is 1. The van der Waals surface area contributed by atoms with E-state index in [0.717, 1.165) is 35.6 Å². The molecule has 0 bridgehead atoms. The van der Waals surface area contributed by atoms with E-state index in [1.807, 2.05) is 60.4 Å². The number of amides is 2. The molecule has 1 unspecified atom stereocenters. The highest BCUT2D eigenvalue weighted by atomic mass is 32.2. The van der Waals surface area contributed by atoms with Crippen LogP contribution in [0.25, 0.3) is 0 Å². The van der Waals surface area contributed by atoms with E-state index in [0.29, 0.717) is 25.6 Å². The molecule has 6 nitrogen and oxygen atoms in total. The minimum absolute atomic E-state index is 0.0306. The summed E-state index contributed by atoms with van der Waals surface area (Å²) in [6, 6.07) is 15.7. The number of thioether (sulfide) groups is 1. The second kappa shape index (κ2) is 7.16. The van der Waals surface area contributed by atoms with Crippen LogP contribution in [0.15, 0.2) is 48.5 Å². The van der Waals surface area contributed by atoms with E-state index in [2.05, 4.69) is 4.90 Å². The molecular formula is C22H23N3O3S. The molecule has 0 saturated carbocycles. The van der Waals surface area contributed by atoms with Crippen molar-refractivity contribution >= 4 is 35.0 Å². The third kappa shape index (κ3) is 2.87. The Hall–Kier alpha value is -2.35. The fourth-order valence-corrected chi connectivity index (χ4v) is 5.76. The lowest BCUT2D eigenvalue weighted by Crippen LogP contribution is -2.52. The fraction of sp³-hybridized carbons (Fsp3) is 0.364. The van der Waals surface area contributed by atoms with Gasteiger partial charge in [-0.1, -0.05) is 30.3 Å². The lowest BCUT2D eigenvalue weighted by atomic mass is 10.0. The van der Waals surface area contributed by atoms with Gasteiger partial charge in [-0.3, -0.25) is 24.3 Å². The van der Waals surface area contributed by atoms with Crippen LogP contribution in [0, 0.1) is 6.92 Å². The molecule has 2 saturated heterocycles. The Morgan fingerprint density at radius 3 is 2.66 bits per heavy atom. The predicted molar refractivity (Wildman–Crippen MR) is 114 cm³/mol. The van der Waals surface area contributed by atoms with Crippen molar-refractivity contribution in [1.82, 2.24) is 4.90 Å². The van der Waals surface area contributed by atoms with E-state index in [-0.39, 0.29) is 11.8 Å². The molecule has 0 radical (unpaired) electrons. The molecule has 5 rings (SSSR count). The van der Waals surface area contributed by atoms with Gasteiger partial charge in [-0.2, -0.15) is 0 Å². The zero-order chi connectivity index (χ0) is 20.0. The van der Waals surface area contributed by atoms with E-state index >= 15 is 0 Å². The van der Waals surface area contributed by atoms with Crippen LogP contribution in [-0.2, 0) is 19.2 Å². The highest BCUT2D eigenvalue weighted by Crippen LogP contribution is 2.55. The lowest BCUT2D eigenvalue weighted by Gasteiger charge is -2.35. The molecule has 7 heteroatoms. The van der Waals surface area contributed by atoms with Crippen molar-refractivity contribution in [3.63, 3.8) is 0 Å². The molecule has 2 amide bonds. The average molecular weight is 410 g/mol. The molecule has 1 spiro atoms. The van der Waals surface area contributed by atoms with Crippen LogP contribution >= 0.6 is 11.8 Å². The van der Waals surface area contributed by atoms with Gasteiger partial charge in [-0.25, -0.2) is 0 Å². The predicted octanol–water partition coefficient (Wildman–Crippen LogP) is 2.56. The Morgan fingerprint density at radius 1 is 1.07 bits per heavy atom. The first-order valence-corrected chi connectivity index (χ1v) is 10.8. The van der Waals surface area contributed by atoms with E-state index in [1.54, 1.807) is 4.90 Å². The van der Waals surface area contributed by atoms with E-state index in [9.17, 15) is 9.59 Å². The minimum Gasteiger partial charge on any atom is -0.379 e. The molecule has 2 fully saturated rings. The van der Waals surface area contributed by atoms with Crippen molar-refractivity contribution in [1.29, 1.82) is 0 Å². The van der Waals surface area contributed by atoms with Gasteiger partial charge in [0, 0.05) is 24.3 Å². The number of para-hydroxylation sites is 1. The maximum atomic E-state index is 13.9. The maximum Gasteiger partial charge on any atom is 0.269 e. The quantitative estimate of drug-likeness (QED) is 0.780. The van der Waals surface area contributed by atoms with Crippen molar-refractivity contribution in [3.8, 4) is 0 Å². The lowest BCUT2D eigenvalue weighted by molar-refractivity contribution is -0.124. The molecule has 0 aromatic heterocycles. The van der Waals surface area contributed by atoms with Gasteiger partial charge in [-0.15, -0.1) is 11.8 Å². The number of ether oxygens (including phenoxy) is 1. The first-order chi connectivity index (χ1) is 14.1. The van der Waals surface area contributed by atoms with Crippen molar-refractivity contribution in [2.45, 2.75) is 11.8 Å². The zero-order valence-corrected chi connectivity index (χ0v) is 17.2. The Bertz CT molecular complexity index is 975. The van der Waals surface area contributed by atoms with Gasteiger partial charge < -0.3 is 4.74 Å². The van der Waals surface area contributed by atoms with E-state index < -0.39 is 4.87 Å². The molecule has 1 atom stereocenters. The number of carbonyl (C=O) groups excluding carboxylic acids is 2. The second-order valence-corrected chi connectivity index (χ2v) is 8.79. The number of anilines is 2. The fourth-order valence-electron chi connectivity index (χ4n) is 4.41. The topological polar surface area (TPSA) is 53.1 Å². The summed E-state index contributed by atoms with van der Waals surface area (Å²) >= 11 is 1.43. The van der Waals surface area contributed by atoms with Crippen LogP contribution in [0.1, 0.15) is 11.1 Å². The molecule has 3 aliphatic heterocycles. The summed E-state index contributed by atoms with van der Waals surface area (Å²) in [4.78, 5) is 31.7. The van der Waals surface area contributed by atoms with Crippen LogP contribution in [0.4, 0.5) is 11.4 Å². The van der Waals surface area contributed by atoms with E-state index in [1.165, 1.54) is 11.8 Å². The minimum atomic E-state index is -1.03. The molecule has 2 aromatic rings. The average Bonchev–Trinajstić information content (AvgIpc) is 3.20. The van der Waals surface area contributed by atoms with Gasteiger partial charge in [0.05, 0.1) is 31.3 Å². The molecule has 0 N–H and O–H groups in total. The van der Waals surface area contributed by atoms with Gasteiger partial charge in [0.2, 0.25) is 10.8 Å². The summed E-state index contributed by atoms with van der Waals surface area (Å²) in [5, 5.41) is 0. The number of carbonyl (C=O) groups is 2. The molecular weight excluding hydrogens is 386 g/mol. The standard InChI is InChI=1S/C22H23N3O3S/c1-16-5-4-6-17(13-16)25-20(26)14-29-22(25)18-7-2-3-8-19(18)24(21(22)27)15-23-9-11-28-12-10-23/h2-8,13H,9-12,14-15H2,1H3. The smallest absolute Gasteiger partial charge is 0.269 e. The number of hydrogen-bond donors (Lipinski definition) is 0. The number of hydrogen-bond acceptors (Lipinski definition) is 5. The maximum absolute atomic E-state index is 13.9. The van der Waals surface area contributed by atoms with Crippen LogP contribution in [0.3, 0.4) is 0 Å². The second-order valence-electron chi connectivity index (χ2n) is 7.62. The number of benzene rings is 2. The van der Waals surface area contributed by atoms with Crippen LogP contribution < -0.4 is 9.80 Å². The first kappa shape index (κ1) is 18.7. The summed E-state index contributed by atoms with van der Waals surface area (Å²) < 4.78 is 5.45. The number of fused-ring (bicyclic) bond motifs is 2. The van der Waals surface area contributed by atoms with Crippen molar-refractivity contribution in [3.05, 3.63) is 59.7 Å². The zero-order valence-electron chi connectivity index (χ0n) is 16.3. The van der Waals surface area contributed by atoms with Gasteiger partial charge >= 0.3 is 0 Å². The molecule has 2 aromatic carbocycles. The van der Waals surface area contributed by atoms with Gasteiger partial charge in [-0.05, 0) is 30.7 Å². The monoisotopic (exact) mass is 409 g/mol. The Morgan fingerprint density at radius 2 is 1.86 bits per heavy atom. The normalized spacial score (nSPS) is 24.6. The number of nitrogens with zero attached hydrogens (tertiary/aromatic N) is 3. The van der Waals surface area contributed by atoms with Gasteiger partial charge in [0.15, 0.2) is 0 Å². The molecule has 3 heterocycles. The third-order valence-electron chi connectivity index (χ3n) is 5.77. The van der Waals surface area contributed by atoms with Gasteiger partial charge in [0.25, 0.3) is 5.91 Å². The van der Waals surface area contributed by atoms with Crippen LogP contribution in [0.2, 0.25) is 0 Å². The highest BCUT2D eigenvalue weighted by molar-refractivity contribution is 8.02. The van der Waals surface area contributed by atoms with Crippen LogP contribution in [-0.4, -0.2) is 55.4 Å². The Balaban J connectivity index is 1.60. The first-order valence-electron chi connectivity index (χ1n) is 9.86. The molecule has 0 aliphatic carbocycles. The largest absolute Gasteiger partial charge is 0.379 e. The van der Waals surface area contributed by atoms with Crippen molar-refractivity contribution in [2.75, 3.05) is 48.5 Å². The number of rotatable bonds is 3. The Labute approximate surface area is 174 Å². The molecule has 3 aliphatic rings. The SMILES string of the molecule is Cc1cccc(N2C(=O)CSC23C(=O)N(CN2CCOCC2)c2ccccc23)c1.